The summed E-state index contributed by atoms with van der Waals surface area (Å²) in [5.74, 6) is 0.968. The van der Waals surface area contributed by atoms with Gasteiger partial charge >= 0.3 is 0 Å². The summed E-state index contributed by atoms with van der Waals surface area (Å²) in [6.07, 6.45) is 6.38. The van der Waals surface area contributed by atoms with Gasteiger partial charge in [0.05, 0.1) is 5.76 Å². The van der Waals surface area contributed by atoms with Gasteiger partial charge in [-0.2, -0.15) is 0 Å². The van der Waals surface area contributed by atoms with Crippen LogP contribution in [0.4, 0.5) is 0 Å². The number of unbranched alkanes of at least 4 members (excludes halogenated alkanes) is 2. The molecule has 0 aliphatic carbocycles. The Hall–Kier alpha value is 1.75. The second-order valence-corrected chi connectivity index (χ2v) is 24.3. The second-order valence-electron chi connectivity index (χ2n) is 6.24. The molecule has 0 aliphatic heterocycles. The summed E-state index contributed by atoms with van der Waals surface area (Å²) in [5.41, 5.74) is 0. The minimum Gasteiger partial charge on any atom is -0.547 e. The summed E-state index contributed by atoms with van der Waals surface area (Å²) >= 11 is 7.20. The van der Waals surface area contributed by atoms with E-state index < -0.39 is 8.32 Å². The predicted molar refractivity (Wildman–Crippen MR) is 137 cm³/mol. The molecular formula is C16H35BI3OSi-. The van der Waals surface area contributed by atoms with E-state index in [4.69, 9.17) is 4.43 Å². The van der Waals surface area contributed by atoms with E-state index in [1.807, 2.05) is 19.9 Å². The first-order valence-electron chi connectivity index (χ1n) is 7.98. The zero-order valence-corrected chi connectivity index (χ0v) is 23.0. The second kappa shape index (κ2) is 16.2. The zero-order valence-electron chi connectivity index (χ0n) is 15.6. The molecule has 0 aromatic carbocycles. The number of hydrogen-bond acceptors (Lipinski definition) is 1. The molecule has 0 unspecified atom stereocenters. The fourth-order valence-electron chi connectivity index (χ4n) is 1.18. The van der Waals surface area contributed by atoms with Crippen LogP contribution >= 0.6 is 67.1 Å². The smallest absolute Gasteiger partial charge is 0.250 e. The Labute approximate surface area is 181 Å². The van der Waals surface area contributed by atoms with Crippen molar-refractivity contribution in [3.63, 3.8) is 0 Å². The monoisotopic (exact) mass is 663 g/mol. The first-order chi connectivity index (χ1) is 9.94. The van der Waals surface area contributed by atoms with Gasteiger partial charge in [0.25, 0.3) is 0 Å². The third-order valence-corrected chi connectivity index (χ3v) is 7.73. The fourth-order valence-corrected chi connectivity index (χ4v) is 2.31. The zero-order chi connectivity index (χ0) is 18.4. The topological polar surface area (TPSA) is 9.23 Å². The third-order valence-electron chi connectivity index (χ3n) is 3.32. The first-order valence-corrected chi connectivity index (χ1v) is 15.5. The van der Waals surface area contributed by atoms with Gasteiger partial charge in [-0.1, -0.05) is 47.3 Å². The van der Waals surface area contributed by atoms with E-state index in [1.165, 1.54) is 6.42 Å². The number of halogens is 3. The van der Waals surface area contributed by atoms with E-state index in [0.717, 1.165) is 25.0 Å². The number of allylic oxidation sites excluding steroid dienone is 2. The minimum absolute atomic E-state index is 0.160. The Kier molecular flexibility index (Phi) is 21.1. The van der Waals surface area contributed by atoms with E-state index in [0.29, 0.717) is 0 Å². The van der Waals surface area contributed by atoms with Gasteiger partial charge in [-0.3, -0.25) is 0 Å². The van der Waals surface area contributed by atoms with Crippen molar-refractivity contribution >= 4 is 75.7 Å². The quantitative estimate of drug-likeness (QED) is 0.0877. The molecule has 22 heavy (non-hydrogen) atoms. The van der Waals surface area contributed by atoms with Crippen LogP contribution in [0.25, 0.3) is 0 Å². The van der Waals surface area contributed by atoms with Crippen molar-refractivity contribution in [3.8, 4) is 0 Å². The van der Waals surface area contributed by atoms with Crippen molar-refractivity contribution in [1.82, 2.24) is 0 Å². The Morgan fingerprint density at radius 3 is 1.86 bits per heavy atom. The molecule has 0 N–H and O–H groups in total. The minimum atomic E-state index is -1.66. The lowest BCUT2D eigenvalue weighted by Crippen LogP contribution is -2.40. The molecule has 0 rings (SSSR count). The molecule has 0 aromatic rings. The lowest BCUT2D eigenvalue weighted by molar-refractivity contribution is 0.364. The van der Waals surface area contributed by atoms with Crippen LogP contribution in [0.15, 0.2) is 25.0 Å². The summed E-state index contributed by atoms with van der Waals surface area (Å²) in [6.45, 7) is 23.1. The molecule has 0 atom stereocenters. The molecule has 0 aliphatic rings. The standard InChI is InChI=1S/C14H28OSi.C2H6.BHI3/c1-8-9-10-11-12-13(2)15-16(6,7)14(3,4)5;1-2;2-1(3)4/h8H,1-2,9-12H2,3-7H3;1-2H3;1H/q;;-1. The molecule has 0 heterocycles. The summed E-state index contributed by atoms with van der Waals surface area (Å²) in [6, 6.07) is 0. The van der Waals surface area contributed by atoms with E-state index in [-0.39, 0.29) is 5.32 Å². The van der Waals surface area contributed by atoms with Crippen LogP contribution in [0.5, 0.6) is 0 Å². The van der Waals surface area contributed by atoms with Gasteiger partial charge in [0.1, 0.15) is 0 Å². The highest BCUT2D eigenvalue weighted by atomic mass is 127. The van der Waals surface area contributed by atoms with Crippen LogP contribution in [0.1, 0.15) is 60.3 Å². The van der Waals surface area contributed by atoms with Gasteiger partial charge in [0, 0.05) is 6.42 Å². The van der Waals surface area contributed by atoms with Gasteiger partial charge in [0.15, 0.2) is 0.282 Å². The van der Waals surface area contributed by atoms with Gasteiger partial charge in [-0.25, -0.2) is 0 Å². The molecule has 0 saturated heterocycles. The van der Waals surface area contributed by atoms with Crippen LogP contribution in [-0.4, -0.2) is 8.60 Å². The Balaban J connectivity index is -0.000000516. The van der Waals surface area contributed by atoms with Gasteiger partial charge < -0.3 is 71.5 Å². The average molecular weight is 663 g/mol. The maximum absolute atomic E-state index is 6.10. The van der Waals surface area contributed by atoms with Crippen molar-refractivity contribution in [1.29, 1.82) is 0 Å². The molecule has 1 nitrogen and oxygen atoms in total. The maximum Gasteiger partial charge on any atom is 0.250 e. The molecule has 0 amide bonds. The summed E-state index contributed by atoms with van der Waals surface area (Å²) < 4.78 is 6.26. The summed E-state index contributed by atoms with van der Waals surface area (Å²) in [5, 5.41) is 0.261. The normalized spacial score (nSPS) is 10.9. The van der Waals surface area contributed by atoms with Crippen molar-refractivity contribution in [3.05, 3.63) is 25.0 Å². The van der Waals surface area contributed by atoms with Crippen LogP contribution in [0, 0.1) is 0 Å². The highest BCUT2D eigenvalue weighted by molar-refractivity contribution is 14.4. The molecule has 0 spiro atoms. The number of hydrogen-bond donors (Lipinski definition) is 0. The predicted octanol–water partition coefficient (Wildman–Crippen LogP) is 8.30. The van der Waals surface area contributed by atoms with E-state index >= 15 is 0 Å². The maximum atomic E-state index is 6.10. The highest BCUT2D eigenvalue weighted by Gasteiger charge is 2.38. The van der Waals surface area contributed by atoms with Crippen LogP contribution in [-0.2, 0) is 4.43 Å². The largest absolute Gasteiger partial charge is 0.547 e. The van der Waals surface area contributed by atoms with Crippen molar-refractivity contribution in [2.24, 2.45) is 0 Å². The highest BCUT2D eigenvalue weighted by Crippen LogP contribution is 2.38. The molecule has 0 bridgehead atoms. The molecule has 0 saturated carbocycles. The van der Waals surface area contributed by atoms with E-state index in [9.17, 15) is 0 Å². The molecule has 0 radical (unpaired) electrons. The summed E-state index contributed by atoms with van der Waals surface area (Å²) in [7, 11) is -1.66. The van der Waals surface area contributed by atoms with Gasteiger partial charge in [0.2, 0.25) is 8.32 Å². The molecular weight excluding hydrogens is 628 g/mol. The van der Waals surface area contributed by atoms with Crippen molar-refractivity contribution in [2.75, 3.05) is 0 Å². The Morgan fingerprint density at radius 2 is 1.55 bits per heavy atom. The molecule has 6 heteroatoms. The van der Waals surface area contributed by atoms with Crippen molar-refractivity contribution in [2.45, 2.75) is 78.4 Å². The number of rotatable bonds is 7. The van der Waals surface area contributed by atoms with Gasteiger partial charge in [-0.05, 0) is 37.4 Å². The van der Waals surface area contributed by atoms with Crippen LogP contribution in [0.3, 0.4) is 0 Å². The SMILES string of the molecule is C=CCCCCC(=C)O[Si](C)(C)C(C)(C)C.CC.I[BH-](I)I. The summed E-state index contributed by atoms with van der Waals surface area (Å²) in [4.78, 5) is 0. The van der Waals surface area contributed by atoms with Crippen LogP contribution in [0.2, 0.25) is 18.1 Å². The first kappa shape index (κ1) is 28.6. The molecule has 0 aromatic heterocycles. The lowest BCUT2D eigenvalue weighted by Gasteiger charge is -2.37. The van der Waals surface area contributed by atoms with Crippen LogP contribution < -0.4 is 0 Å². The Bertz CT molecular complexity index is 287. The fraction of sp³-hybridized carbons (Fsp3) is 0.750. The van der Waals surface area contributed by atoms with E-state index in [1.54, 1.807) is 0 Å². The lowest BCUT2D eigenvalue weighted by atomic mass is 10.2. The average Bonchev–Trinajstić information content (AvgIpc) is 2.34. The molecule has 134 valence electrons. The Morgan fingerprint density at radius 1 is 1.14 bits per heavy atom. The van der Waals surface area contributed by atoms with E-state index in [2.05, 4.69) is 114 Å². The van der Waals surface area contributed by atoms with Crippen molar-refractivity contribution < 1.29 is 4.43 Å². The third kappa shape index (κ3) is 19.8. The van der Waals surface area contributed by atoms with Gasteiger partial charge in [-0.15, -0.1) is 6.58 Å². The molecule has 0 fully saturated rings.